The molecule has 0 aliphatic carbocycles. The molecule has 0 amide bonds. The van der Waals surface area contributed by atoms with Gasteiger partial charge in [0.15, 0.2) is 6.61 Å². The standard InChI is InChI=1S/C9H13NO3/c10-4-7-13-9(11)8-2-1-5-12-6-3-8/h8H,1-3,5-7H2. The first-order chi connectivity index (χ1) is 6.34. The minimum Gasteiger partial charge on any atom is -0.450 e. The van der Waals surface area contributed by atoms with Gasteiger partial charge in [-0.05, 0) is 19.3 Å². The molecule has 0 saturated carbocycles. The van der Waals surface area contributed by atoms with E-state index in [1.54, 1.807) is 6.07 Å². The SMILES string of the molecule is N#CCOC(=O)C1CCCOCC1. The first kappa shape index (κ1) is 10.0. The van der Waals surface area contributed by atoms with E-state index in [2.05, 4.69) is 0 Å². The zero-order valence-corrected chi connectivity index (χ0v) is 7.49. The summed E-state index contributed by atoms with van der Waals surface area (Å²) < 4.78 is 9.94. The Morgan fingerprint density at radius 1 is 1.54 bits per heavy atom. The lowest BCUT2D eigenvalue weighted by atomic mass is 10.0. The molecule has 72 valence electrons. The lowest BCUT2D eigenvalue weighted by Gasteiger charge is -2.10. The monoisotopic (exact) mass is 183 g/mol. The number of hydrogen-bond donors (Lipinski definition) is 0. The fourth-order valence-corrected chi connectivity index (χ4v) is 1.36. The Hall–Kier alpha value is -1.08. The van der Waals surface area contributed by atoms with Gasteiger partial charge in [-0.15, -0.1) is 0 Å². The van der Waals surface area contributed by atoms with E-state index in [1.165, 1.54) is 0 Å². The van der Waals surface area contributed by atoms with Crippen LogP contribution in [-0.4, -0.2) is 25.8 Å². The number of rotatable bonds is 2. The third-order valence-corrected chi connectivity index (χ3v) is 2.06. The average molecular weight is 183 g/mol. The van der Waals surface area contributed by atoms with Gasteiger partial charge >= 0.3 is 5.97 Å². The number of ether oxygens (including phenoxy) is 2. The van der Waals surface area contributed by atoms with Gasteiger partial charge in [-0.3, -0.25) is 4.79 Å². The maximum absolute atomic E-state index is 11.3. The van der Waals surface area contributed by atoms with Crippen molar-refractivity contribution in [2.45, 2.75) is 19.3 Å². The van der Waals surface area contributed by atoms with Crippen LogP contribution in [0, 0.1) is 17.2 Å². The smallest absolute Gasteiger partial charge is 0.310 e. The molecule has 4 heteroatoms. The number of hydrogen-bond acceptors (Lipinski definition) is 4. The van der Waals surface area contributed by atoms with Gasteiger partial charge in [0.05, 0.1) is 5.92 Å². The second-order valence-electron chi connectivity index (χ2n) is 3.01. The van der Waals surface area contributed by atoms with Crippen molar-refractivity contribution in [3.63, 3.8) is 0 Å². The van der Waals surface area contributed by atoms with Crippen molar-refractivity contribution < 1.29 is 14.3 Å². The van der Waals surface area contributed by atoms with Crippen molar-refractivity contribution in [3.05, 3.63) is 0 Å². The Morgan fingerprint density at radius 2 is 2.38 bits per heavy atom. The summed E-state index contributed by atoms with van der Waals surface area (Å²) in [5, 5.41) is 8.22. The van der Waals surface area contributed by atoms with Gasteiger partial charge in [0, 0.05) is 13.2 Å². The minimum absolute atomic E-state index is 0.0733. The fraction of sp³-hybridized carbons (Fsp3) is 0.778. The Kier molecular flexibility index (Phi) is 4.27. The summed E-state index contributed by atoms with van der Waals surface area (Å²) >= 11 is 0. The molecule has 0 aromatic carbocycles. The Labute approximate surface area is 77.4 Å². The highest BCUT2D eigenvalue weighted by atomic mass is 16.5. The molecule has 1 saturated heterocycles. The van der Waals surface area contributed by atoms with Gasteiger partial charge in [0.1, 0.15) is 6.07 Å². The molecular formula is C9H13NO3. The maximum atomic E-state index is 11.3. The number of carbonyl (C=O) groups excluding carboxylic acids is 1. The van der Waals surface area contributed by atoms with E-state index in [4.69, 9.17) is 14.7 Å². The highest BCUT2D eigenvalue weighted by Gasteiger charge is 2.21. The highest BCUT2D eigenvalue weighted by molar-refractivity contribution is 5.72. The van der Waals surface area contributed by atoms with Crippen LogP contribution in [0.15, 0.2) is 0 Å². The third-order valence-electron chi connectivity index (χ3n) is 2.06. The molecule has 1 unspecified atom stereocenters. The molecule has 1 atom stereocenters. The minimum atomic E-state index is -0.257. The summed E-state index contributed by atoms with van der Waals surface area (Å²) in [6.45, 7) is 1.20. The van der Waals surface area contributed by atoms with Gasteiger partial charge in [-0.1, -0.05) is 0 Å². The molecule has 0 N–H and O–H groups in total. The topological polar surface area (TPSA) is 59.3 Å². The van der Waals surface area contributed by atoms with Crippen LogP contribution < -0.4 is 0 Å². The van der Waals surface area contributed by atoms with Crippen molar-refractivity contribution in [1.82, 2.24) is 0 Å². The lowest BCUT2D eigenvalue weighted by molar-refractivity contribution is -0.147. The van der Waals surface area contributed by atoms with Crippen LogP contribution in [0.5, 0.6) is 0 Å². The molecule has 1 aliphatic heterocycles. The molecule has 0 aromatic rings. The van der Waals surface area contributed by atoms with Crippen LogP contribution in [0.25, 0.3) is 0 Å². The molecule has 1 aliphatic rings. The number of carbonyl (C=O) groups is 1. The van der Waals surface area contributed by atoms with Gasteiger partial charge in [-0.25, -0.2) is 0 Å². The van der Waals surface area contributed by atoms with Crippen LogP contribution in [0.4, 0.5) is 0 Å². The molecule has 0 aromatic heterocycles. The summed E-state index contributed by atoms with van der Waals surface area (Å²) in [5.74, 6) is -0.331. The Balaban J connectivity index is 2.31. The summed E-state index contributed by atoms with van der Waals surface area (Å²) in [4.78, 5) is 11.3. The first-order valence-corrected chi connectivity index (χ1v) is 4.46. The van der Waals surface area contributed by atoms with E-state index >= 15 is 0 Å². The van der Waals surface area contributed by atoms with Crippen molar-refractivity contribution in [3.8, 4) is 6.07 Å². The normalized spacial score (nSPS) is 22.8. The maximum Gasteiger partial charge on any atom is 0.310 e. The quantitative estimate of drug-likeness (QED) is 0.596. The number of esters is 1. The summed E-state index contributed by atoms with van der Waals surface area (Å²) in [6.07, 6.45) is 2.42. The molecule has 13 heavy (non-hydrogen) atoms. The Morgan fingerprint density at radius 3 is 3.15 bits per heavy atom. The van der Waals surface area contributed by atoms with E-state index in [9.17, 15) is 4.79 Å². The predicted molar refractivity (Wildman–Crippen MR) is 44.7 cm³/mol. The van der Waals surface area contributed by atoms with Gasteiger partial charge in [0.2, 0.25) is 0 Å². The molecule has 4 nitrogen and oxygen atoms in total. The van der Waals surface area contributed by atoms with Crippen LogP contribution in [0.2, 0.25) is 0 Å². The van der Waals surface area contributed by atoms with Crippen LogP contribution in [0.3, 0.4) is 0 Å². The molecule has 1 heterocycles. The van der Waals surface area contributed by atoms with Gasteiger partial charge in [0.25, 0.3) is 0 Å². The lowest BCUT2D eigenvalue weighted by Crippen LogP contribution is -2.18. The molecule has 0 radical (unpaired) electrons. The van der Waals surface area contributed by atoms with Gasteiger partial charge in [-0.2, -0.15) is 5.26 Å². The van der Waals surface area contributed by atoms with Crippen LogP contribution in [0.1, 0.15) is 19.3 Å². The molecular weight excluding hydrogens is 170 g/mol. The second-order valence-corrected chi connectivity index (χ2v) is 3.01. The summed E-state index contributed by atoms with van der Waals surface area (Å²) in [6, 6.07) is 1.78. The zero-order chi connectivity index (χ0) is 9.52. The number of nitriles is 1. The van der Waals surface area contributed by atoms with Crippen molar-refractivity contribution >= 4 is 5.97 Å². The largest absolute Gasteiger partial charge is 0.450 e. The first-order valence-electron chi connectivity index (χ1n) is 4.46. The molecule has 0 bridgehead atoms. The van der Waals surface area contributed by atoms with Gasteiger partial charge < -0.3 is 9.47 Å². The van der Waals surface area contributed by atoms with Crippen LogP contribution >= 0.6 is 0 Å². The van der Waals surface area contributed by atoms with E-state index in [0.717, 1.165) is 19.4 Å². The third kappa shape index (κ3) is 3.43. The highest BCUT2D eigenvalue weighted by Crippen LogP contribution is 2.16. The van der Waals surface area contributed by atoms with Crippen molar-refractivity contribution in [2.75, 3.05) is 19.8 Å². The van der Waals surface area contributed by atoms with E-state index in [1.807, 2.05) is 0 Å². The molecule has 1 rings (SSSR count). The van der Waals surface area contributed by atoms with Crippen molar-refractivity contribution in [1.29, 1.82) is 5.26 Å². The van der Waals surface area contributed by atoms with Crippen molar-refractivity contribution in [2.24, 2.45) is 5.92 Å². The Bertz CT molecular complexity index is 201. The van der Waals surface area contributed by atoms with Crippen LogP contribution in [-0.2, 0) is 14.3 Å². The molecule has 0 spiro atoms. The molecule has 1 fully saturated rings. The summed E-state index contributed by atoms with van der Waals surface area (Å²) in [7, 11) is 0. The average Bonchev–Trinajstić information content (AvgIpc) is 2.42. The predicted octanol–water partition coefficient (Wildman–Crippen LogP) is 0.870. The second kappa shape index (κ2) is 5.55. The number of nitrogens with zero attached hydrogens (tertiary/aromatic N) is 1. The zero-order valence-electron chi connectivity index (χ0n) is 7.49. The fourth-order valence-electron chi connectivity index (χ4n) is 1.36. The summed E-state index contributed by atoms with van der Waals surface area (Å²) in [5.41, 5.74) is 0. The van der Waals surface area contributed by atoms with E-state index in [0.29, 0.717) is 13.0 Å². The van der Waals surface area contributed by atoms with E-state index in [-0.39, 0.29) is 18.5 Å². The van der Waals surface area contributed by atoms with E-state index < -0.39 is 0 Å².